The molecule has 0 heterocycles. The van der Waals surface area contributed by atoms with Gasteiger partial charge in [0, 0.05) is 6.42 Å². The zero-order valence-corrected chi connectivity index (χ0v) is 14.1. The minimum Gasteiger partial charge on any atom is -0.494 e. The Hall–Kier alpha value is -2.33. The molecule has 0 aliphatic rings. The number of carboxylic acid groups (broad SMARTS) is 1. The molecular weight excluding hydrogens is 302 g/mol. The summed E-state index contributed by atoms with van der Waals surface area (Å²) in [5, 5.41) is 8.74. The van der Waals surface area contributed by atoms with E-state index in [9.17, 15) is 4.79 Å². The Balaban J connectivity index is 2.02. The van der Waals surface area contributed by atoms with Crippen molar-refractivity contribution < 1.29 is 14.6 Å². The van der Waals surface area contributed by atoms with Crippen LogP contribution in [-0.4, -0.2) is 24.2 Å². The van der Waals surface area contributed by atoms with Crippen molar-refractivity contribution in [1.29, 1.82) is 0 Å². The van der Waals surface area contributed by atoms with E-state index in [-0.39, 0.29) is 6.42 Å². The maximum Gasteiger partial charge on any atom is 0.303 e. The predicted octanol–water partition coefficient (Wildman–Crippen LogP) is 3.80. The summed E-state index contributed by atoms with van der Waals surface area (Å²) in [7, 11) is 0. The second kappa shape index (κ2) is 9.08. The van der Waals surface area contributed by atoms with Crippen molar-refractivity contribution in [3.05, 3.63) is 53.6 Å². The molecule has 24 heavy (non-hydrogen) atoms. The van der Waals surface area contributed by atoms with Gasteiger partial charge in [-0.25, -0.2) is 0 Å². The first-order valence-corrected chi connectivity index (χ1v) is 8.35. The van der Waals surface area contributed by atoms with Crippen molar-refractivity contribution >= 4 is 5.97 Å². The average Bonchev–Trinajstić information content (AvgIpc) is 2.58. The van der Waals surface area contributed by atoms with E-state index < -0.39 is 5.97 Å². The Morgan fingerprint density at radius 1 is 1.12 bits per heavy atom. The molecular formula is C20H25NO3. The topological polar surface area (TPSA) is 72.5 Å². The molecule has 2 rings (SSSR count). The lowest BCUT2D eigenvalue weighted by Crippen LogP contribution is -2.03. The van der Waals surface area contributed by atoms with Gasteiger partial charge in [-0.3, -0.25) is 4.79 Å². The van der Waals surface area contributed by atoms with Gasteiger partial charge in [-0.15, -0.1) is 0 Å². The van der Waals surface area contributed by atoms with Crippen molar-refractivity contribution in [2.45, 2.75) is 32.6 Å². The van der Waals surface area contributed by atoms with Crippen molar-refractivity contribution in [2.24, 2.45) is 5.73 Å². The highest BCUT2D eigenvalue weighted by atomic mass is 16.5. The Kier molecular flexibility index (Phi) is 6.82. The number of aryl methyl sites for hydroxylation is 2. The Morgan fingerprint density at radius 2 is 1.88 bits per heavy atom. The summed E-state index contributed by atoms with van der Waals surface area (Å²) in [4.78, 5) is 10.6. The molecule has 0 spiro atoms. The summed E-state index contributed by atoms with van der Waals surface area (Å²) in [5.74, 6) is 0.114. The number of hydrogen-bond acceptors (Lipinski definition) is 3. The molecule has 0 amide bonds. The zero-order chi connectivity index (χ0) is 17.4. The molecule has 0 unspecified atom stereocenters. The minimum atomic E-state index is -0.767. The van der Waals surface area contributed by atoms with Gasteiger partial charge < -0.3 is 15.6 Å². The highest BCUT2D eigenvalue weighted by Crippen LogP contribution is 2.27. The van der Waals surface area contributed by atoms with E-state index in [0.717, 1.165) is 40.8 Å². The van der Waals surface area contributed by atoms with Gasteiger partial charge in [-0.2, -0.15) is 0 Å². The number of unbranched alkanes of at least 4 members (excludes halogenated alkanes) is 1. The van der Waals surface area contributed by atoms with Crippen molar-refractivity contribution in [1.82, 2.24) is 0 Å². The van der Waals surface area contributed by atoms with Crippen LogP contribution in [0.4, 0.5) is 0 Å². The molecule has 2 aromatic carbocycles. The maximum absolute atomic E-state index is 10.6. The summed E-state index contributed by atoms with van der Waals surface area (Å²) >= 11 is 0. The molecule has 3 N–H and O–H groups in total. The fraction of sp³-hybridized carbons (Fsp3) is 0.350. The maximum atomic E-state index is 10.6. The summed E-state index contributed by atoms with van der Waals surface area (Å²) in [6.45, 7) is 3.46. The van der Waals surface area contributed by atoms with E-state index in [2.05, 4.69) is 19.1 Å². The van der Waals surface area contributed by atoms with Crippen molar-refractivity contribution in [3.63, 3.8) is 0 Å². The molecule has 0 aliphatic heterocycles. The Morgan fingerprint density at radius 3 is 2.50 bits per heavy atom. The molecule has 4 heteroatoms. The van der Waals surface area contributed by atoms with E-state index in [1.54, 1.807) is 0 Å². The van der Waals surface area contributed by atoms with Gasteiger partial charge in [0.05, 0.1) is 6.61 Å². The smallest absolute Gasteiger partial charge is 0.303 e. The fourth-order valence-electron chi connectivity index (χ4n) is 2.59. The first-order chi connectivity index (χ1) is 11.6. The van der Waals surface area contributed by atoms with Gasteiger partial charge in [0.1, 0.15) is 5.75 Å². The molecule has 0 aromatic heterocycles. The third-order valence-corrected chi connectivity index (χ3v) is 3.96. The quantitative estimate of drug-likeness (QED) is 0.687. The Labute approximate surface area is 143 Å². The van der Waals surface area contributed by atoms with Crippen LogP contribution in [0.2, 0.25) is 0 Å². The lowest BCUT2D eigenvalue weighted by atomic mass is 9.98. The monoisotopic (exact) mass is 327 g/mol. The third kappa shape index (κ3) is 5.39. The molecule has 0 saturated heterocycles. The Bertz CT molecular complexity index is 665. The summed E-state index contributed by atoms with van der Waals surface area (Å²) in [6, 6.07) is 14.2. The molecule has 0 aliphatic carbocycles. The van der Waals surface area contributed by atoms with Gasteiger partial charge in [0.25, 0.3) is 0 Å². The molecule has 2 aromatic rings. The first-order valence-electron chi connectivity index (χ1n) is 8.35. The molecule has 4 nitrogen and oxygen atoms in total. The number of aliphatic carboxylic acids is 1. The van der Waals surface area contributed by atoms with Crippen LogP contribution in [0.5, 0.6) is 5.75 Å². The number of benzene rings is 2. The van der Waals surface area contributed by atoms with Crippen LogP contribution in [-0.2, 0) is 11.2 Å². The van der Waals surface area contributed by atoms with Crippen LogP contribution in [0, 0.1) is 6.92 Å². The van der Waals surface area contributed by atoms with Crippen LogP contribution < -0.4 is 10.5 Å². The van der Waals surface area contributed by atoms with E-state index in [0.29, 0.717) is 19.6 Å². The van der Waals surface area contributed by atoms with Crippen molar-refractivity contribution in [3.8, 4) is 16.9 Å². The fourth-order valence-corrected chi connectivity index (χ4v) is 2.59. The molecule has 0 radical (unpaired) electrons. The average molecular weight is 327 g/mol. The predicted molar refractivity (Wildman–Crippen MR) is 96.4 cm³/mol. The number of ether oxygens (including phenoxy) is 1. The number of nitrogens with two attached hydrogens (primary N) is 1. The van der Waals surface area contributed by atoms with Gasteiger partial charge >= 0.3 is 5.97 Å². The van der Waals surface area contributed by atoms with Gasteiger partial charge in [0.15, 0.2) is 0 Å². The second-order valence-corrected chi connectivity index (χ2v) is 5.91. The lowest BCUT2D eigenvalue weighted by molar-refractivity contribution is -0.136. The molecule has 0 fully saturated rings. The first kappa shape index (κ1) is 18.0. The van der Waals surface area contributed by atoms with Gasteiger partial charge in [-0.1, -0.05) is 30.3 Å². The summed E-state index contributed by atoms with van der Waals surface area (Å²) in [5.41, 5.74) is 9.96. The van der Waals surface area contributed by atoms with E-state index in [1.807, 2.05) is 30.3 Å². The lowest BCUT2D eigenvalue weighted by Gasteiger charge is -2.11. The molecule has 0 saturated carbocycles. The largest absolute Gasteiger partial charge is 0.494 e. The van der Waals surface area contributed by atoms with E-state index in [4.69, 9.17) is 15.6 Å². The minimum absolute atomic E-state index is 0.161. The number of carboxylic acids is 1. The normalized spacial score (nSPS) is 10.6. The number of hydrogen-bond donors (Lipinski definition) is 2. The van der Waals surface area contributed by atoms with Crippen LogP contribution in [0.1, 0.15) is 30.4 Å². The zero-order valence-electron chi connectivity index (χ0n) is 14.1. The van der Waals surface area contributed by atoms with Crippen LogP contribution in [0.25, 0.3) is 11.1 Å². The van der Waals surface area contributed by atoms with E-state index >= 15 is 0 Å². The molecule has 0 bridgehead atoms. The van der Waals surface area contributed by atoms with E-state index in [1.165, 1.54) is 0 Å². The van der Waals surface area contributed by atoms with Crippen LogP contribution >= 0.6 is 0 Å². The van der Waals surface area contributed by atoms with Gasteiger partial charge in [0.2, 0.25) is 0 Å². The highest BCUT2D eigenvalue weighted by molar-refractivity contribution is 5.69. The standard InChI is InChI=1S/C20H25NO3/c1-15-14-18(24-13-3-2-12-21)9-10-19(15)17-7-4-16(5-8-17)6-11-20(22)23/h4-5,7-10,14H,2-3,6,11-13,21H2,1H3,(H,22,23). The summed E-state index contributed by atoms with van der Waals surface area (Å²) < 4.78 is 5.74. The van der Waals surface area contributed by atoms with Crippen LogP contribution in [0.15, 0.2) is 42.5 Å². The SMILES string of the molecule is Cc1cc(OCCCCN)ccc1-c1ccc(CCC(=O)O)cc1. The summed E-state index contributed by atoms with van der Waals surface area (Å²) in [6.07, 6.45) is 2.67. The third-order valence-electron chi connectivity index (χ3n) is 3.96. The molecule has 128 valence electrons. The van der Waals surface area contributed by atoms with Crippen molar-refractivity contribution in [2.75, 3.05) is 13.2 Å². The van der Waals surface area contributed by atoms with Gasteiger partial charge in [-0.05, 0) is 67.1 Å². The number of carbonyl (C=O) groups is 1. The van der Waals surface area contributed by atoms with Crippen LogP contribution in [0.3, 0.4) is 0 Å². The molecule has 0 atom stereocenters. The second-order valence-electron chi connectivity index (χ2n) is 5.91. The number of rotatable bonds is 9. The highest BCUT2D eigenvalue weighted by Gasteiger charge is 2.05.